The van der Waals surface area contributed by atoms with Gasteiger partial charge in [-0.25, -0.2) is 13.1 Å². The van der Waals surface area contributed by atoms with Gasteiger partial charge in [0.25, 0.3) is 10.0 Å². The fraction of sp³-hybridized carbons (Fsp3) is 0.400. The lowest BCUT2D eigenvalue weighted by Gasteiger charge is -2.37. The Labute approximate surface area is 157 Å². The van der Waals surface area contributed by atoms with E-state index in [1.54, 1.807) is 18.2 Å². The van der Waals surface area contributed by atoms with Crippen molar-refractivity contribution in [2.45, 2.75) is 36.9 Å². The summed E-state index contributed by atoms with van der Waals surface area (Å²) in [4.78, 5) is 0. The summed E-state index contributed by atoms with van der Waals surface area (Å²) in [5.41, 5.74) is 6.58. The maximum Gasteiger partial charge on any atom is 0.259 e. The van der Waals surface area contributed by atoms with Crippen LogP contribution in [0.15, 0.2) is 29.4 Å². The number of aromatic nitrogens is 2. The second-order valence-corrected chi connectivity index (χ2v) is 8.49. The Morgan fingerprint density at radius 3 is 2.72 bits per heavy atom. The molecule has 1 unspecified atom stereocenters. The Hall–Kier alpha value is -1.48. The molecule has 0 bridgehead atoms. The van der Waals surface area contributed by atoms with Crippen LogP contribution < -0.4 is 15.2 Å². The molecule has 1 aliphatic rings. The predicted octanol–water partition coefficient (Wildman–Crippen LogP) is 2.66. The van der Waals surface area contributed by atoms with Crippen LogP contribution in [0.3, 0.4) is 0 Å². The van der Waals surface area contributed by atoms with Crippen LogP contribution in [-0.2, 0) is 17.1 Å². The van der Waals surface area contributed by atoms with Crippen LogP contribution in [0, 0.1) is 0 Å². The Morgan fingerprint density at radius 2 is 2.12 bits per heavy atom. The van der Waals surface area contributed by atoms with E-state index in [0.29, 0.717) is 23.4 Å². The smallest absolute Gasteiger partial charge is 0.259 e. The molecule has 3 N–H and O–H groups in total. The average molecular weight is 407 g/mol. The molecule has 0 radical (unpaired) electrons. The number of aryl methyl sites for hydroxylation is 1. The van der Waals surface area contributed by atoms with Gasteiger partial charge in [-0.1, -0.05) is 11.6 Å². The Balaban J connectivity index is 0.00000225. The van der Waals surface area contributed by atoms with Gasteiger partial charge in [0.15, 0.2) is 5.03 Å². The van der Waals surface area contributed by atoms with E-state index in [4.69, 9.17) is 22.1 Å². The van der Waals surface area contributed by atoms with E-state index >= 15 is 0 Å². The number of nitrogens with zero attached hydrogens (tertiary/aromatic N) is 2. The molecular formula is C15H20Cl2N4O3S. The molecule has 10 heteroatoms. The molecule has 1 aliphatic heterocycles. The Morgan fingerprint density at radius 1 is 1.44 bits per heavy atom. The van der Waals surface area contributed by atoms with Crippen LogP contribution in [0.5, 0.6) is 5.75 Å². The minimum Gasteiger partial charge on any atom is -0.487 e. The van der Waals surface area contributed by atoms with Gasteiger partial charge in [-0.05, 0) is 32.0 Å². The van der Waals surface area contributed by atoms with Gasteiger partial charge in [0.2, 0.25) is 0 Å². The van der Waals surface area contributed by atoms with Gasteiger partial charge in [0, 0.05) is 24.7 Å². The molecule has 3 rings (SSSR count). The van der Waals surface area contributed by atoms with E-state index in [9.17, 15) is 8.42 Å². The van der Waals surface area contributed by atoms with Crippen molar-refractivity contribution in [3.8, 4) is 5.75 Å². The first-order chi connectivity index (χ1) is 11.1. The zero-order valence-corrected chi connectivity index (χ0v) is 16.4. The number of nitrogens with one attached hydrogen (secondary N) is 1. The van der Waals surface area contributed by atoms with Crippen molar-refractivity contribution in [2.75, 3.05) is 5.73 Å². The minimum absolute atomic E-state index is 0. The average Bonchev–Trinajstić information content (AvgIpc) is 2.78. The summed E-state index contributed by atoms with van der Waals surface area (Å²) in [5.74, 6) is 0.615. The molecule has 138 valence electrons. The highest BCUT2D eigenvalue weighted by Gasteiger charge is 2.37. The maximum atomic E-state index is 12.8. The lowest BCUT2D eigenvalue weighted by atomic mass is 9.90. The molecule has 0 saturated heterocycles. The third-order valence-corrected chi connectivity index (χ3v) is 5.86. The fourth-order valence-electron chi connectivity index (χ4n) is 2.92. The number of fused-ring (bicyclic) bond motifs is 1. The highest BCUT2D eigenvalue weighted by Crippen LogP contribution is 2.41. The van der Waals surface area contributed by atoms with Crippen LogP contribution in [0.2, 0.25) is 5.02 Å². The Bertz CT molecular complexity index is 877. The minimum atomic E-state index is -3.86. The van der Waals surface area contributed by atoms with Crippen molar-refractivity contribution in [1.82, 2.24) is 14.5 Å². The van der Waals surface area contributed by atoms with Crippen LogP contribution in [-0.4, -0.2) is 23.8 Å². The summed E-state index contributed by atoms with van der Waals surface area (Å²) in [6, 6.07) is 4.72. The van der Waals surface area contributed by atoms with Crippen molar-refractivity contribution >= 4 is 39.7 Å². The molecule has 2 aromatic rings. The number of anilines is 1. The second kappa shape index (κ2) is 6.68. The predicted molar refractivity (Wildman–Crippen MR) is 98.7 cm³/mol. The van der Waals surface area contributed by atoms with Crippen molar-refractivity contribution in [3.63, 3.8) is 0 Å². The number of hydrogen-bond donors (Lipinski definition) is 2. The van der Waals surface area contributed by atoms with Gasteiger partial charge in [-0.15, -0.1) is 12.4 Å². The largest absolute Gasteiger partial charge is 0.487 e. The summed E-state index contributed by atoms with van der Waals surface area (Å²) in [6.45, 7) is 3.81. The Kier molecular flexibility index (Phi) is 5.30. The molecule has 1 aromatic carbocycles. The molecule has 0 aliphatic carbocycles. The number of nitrogens with two attached hydrogens (primary N) is 1. The van der Waals surface area contributed by atoms with Crippen molar-refractivity contribution in [2.24, 2.45) is 7.05 Å². The zero-order valence-electron chi connectivity index (χ0n) is 14.0. The lowest BCUT2D eigenvalue weighted by molar-refractivity contribution is 0.0702. The van der Waals surface area contributed by atoms with Crippen molar-refractivity contribution < 1.29 is 13.2 Å². The van der Waals surface area contributed by atoms with Gasteiger partial charge < -0.3 is 10.5 Å². The molecule has 7 nitrogen and oxygen atoms in total. The molecule has 0 saturated carbocycles. The van der Waals surface area contributed by atoms with Crippen LogP contribution in [0.25, 0.3) is 0 Å². The fourth-order valence-corrected chi connectivity index (χ4v) is 4.79. The van der Waals surface area contributed by atoms with Gasteiger partial charge in [0.1, 0.15) is 11.4 Å². The number of sulfonamides is 1. The monoisotopic (exact) mass is 406 g/mol. The van der Waals surface area contributed by atoms with Gasteiger partial charge in [-0.2, -0.15) is 5.10 Å². The highest BCUT2D eigenvalue weighted by atomic mass is 35.5. The molecule has 0 spiro atoms. The number of nitrogen functional groups attached to an aromatic ring is 1. The second-order valence-electron chi connectivity index (χ2n) is 6.46. The summed E-state index contributed by atoms with van der Waals surface area (Å²) in [5, 5.41) is 3.89. The molecule has 1 atom stereocenters. The van der Waals surface area contributed by atoms with E-state index < -0.39 is 21.7 Å². The first-order valence-corrected chi connectivity index (χ1v) is 9.23. The molecular weight excluding hydrogens is 387 g/mol. The first kappa shape index (κ1) is 19.8. The number of rotatable bonds is 3. The SMILES string of the molecule is Cl.Cn1ncc(Cl)c1S(=O)(=O)NC1CC(C)(C)Oc2ccc(N)cc21. The first-order valence-electron chi connectivity index (χ1n) is 7.37. The molecule has 0 fully saturated rings. The third kappa shape index (κ3) is 3.87. The van der Waals surface area contributed by atoms with E-state index in [1.807, 2.05) is 13.8 Å². The molecule has 2 heterocycles. The number of benzene rings is 1. The summed E-state index contributed by atoms with van der Waals surface area (Å²) >= 11 is 5.98. The number of halogens is 2. The van der Waals surface area contributed by atoms with Gasteiger partial charge >= 0.3 is 0 Å². The zero-order chi connectivity index (χ0) is 17.7. The summed E-state index contributed by atoms with van der Waals surface area (Å²) < 4.78 is 35.4. The third-order valence-electron chi connectivity index (χ3n) is 3.89. The van der Waals surface area contributed by atoms with E-state index in [2.05, 4.69) is 9.82 Å². The van der Waals surface area contributed by atoms with E-state index in [1.165, 1.54) is 17.9 Å². The van der Waals surface area contributed by atoms with E-state index in [0.717, 1.165) is 0 Å². The van der Waals surface area contributed by atoms with Crippen molar-refractivity contribution in [1.29, 1.82) is 0 Å². The van der Waals surface area contributed by atoms with Gasteiger partial charge in [-0.3, -0.25) is 4.68 Å². The molecule has 25 heavy (non-hydrogen) atoms. The number of ether oxygens (including phenoxy) is 1. The van der Waals surface area contributed by atoms with Crippen LogP contribution >= 0.6 is 24.0 Å². The topological polar surface area (TPSA) is 99.2 Å². The summed E-state index contributed by atoms with van der Waals surface area (Å²) in [7, 11) is -2.33. The molecule has 0 amide bonds. The van der Waals surface area contributed by atoms with Gasteiger partial charge in [0.05, 0.1) is 17.3 Å². The van der Waals surface area contributed by atoms with Crippen LogP contribution in [0.1, 0.15) is 31.9 Å². The van der Waals surface area contributed by atoms with E-state index in [-0.39, 0.29) is 22.5 Å². The van der Waals surface area contributed by atoms with Crippen molar-refractivity contribution in [3.05, 3.63) is 35.0 Å². The summed E-state index contributed by atoms with van der Waals surface area (Å²) in [6.07, 6.45) is 1.76. The standard InChI is InChI=1S/C15H19ClN4O3S.ClH/c1-15(2)7-12(10-6-9(17)4-5-13(10)23-15)19-24(21,22)14-11(16)8-18-20(14)3;/h4-6,8,12,19H,7,17H2,1-3H3;1H. The van der Waals surface area contributed by atoms with Crippen LogP contribution in [0.4, 0.5) is 5.69 Å². The quantitative estimate of drug-likeness (QED) is 0.763. The highest BCUT2D eigenvalue weighted by molar-refractivity contribution is 7.89. The molecule has 1 aromatic heterocycles. The normalized spacial score (nSPS) is 18.8. The lowest BCUT2D eigenvalue weighted by Crippen LogP contribution is -2.41. The maximum absolute atomic E-state index is 12.8. The number of hydrogen-bond acceptors (Lipinski definition) is 5.